The van der Waals surface area contributed by atoms with Crippen molar-refractivity contribution in [2.24, 2.45) is 5.92 Å². The number of hydrogen-bond acceptors (Lipinski definition) is 2. The molecule has 0 saturated carbocycles. The summed E-state index contributed by atoms with van der Waals surface area (Å²) in [5, 5.41) is 0. The lowest BCUT2D eigenvalue weighted by Crippen LogP contribution is -2.19. The number of unbranched alkanes of at least 4 members (excludes halogenated alkanes) is 1. The van der Waals surface area contributed by atoms with Gasteiger partial charge in [-0.3, -0.25) is 4.79 Å². The number of benzene rings is 1. The summed E-state index contributed by atoms with van der Waals surface area (Å²) in [5.41, 5.74) is 0. The summed E-state index contributed by atoms with van der Waals surface area (Å²) in [6.45, 7) is 4.17. The van der Waals surface area contributed by atoms with Gasteiger partial charge in [0.05, 0.1) is 5.92 Å². The highest BCUT2D eigenvalue weighted by molar-refractivity contribution is 5.74. The molecule has 2 heteroatoms. The Hall–Kier alpha value is -1.31. The van der Waals surface area contributed by atoms with E-state index in [0.717, 1.165) is 25.7 Å². The Morgan fingerprint density at radius 2 is 1.94 bits per heavy atom. The third-order valence-electron chi connectivity index (χ3n) is 2.69. The maximum atomic E-state index is 11.8. The summed E-state index contributed by atoms with van der Waals surface area (Å²) in [6, 6.07) is 9.27. The zero-order chi connectivity index (χ0) is 11.8. The standard InChI is InChI=1S/C14H20O2/c1-3-5-9-12(4-2)14(15)16-13-10-7-6-8-11-13/h6-8,10-12H,3-5,9H2,1-2H3. The molecule has 16 heavy (non-hydrogen) atoms. The Morgan fingerprint density at radius 1 is 1.25 bits per heavy atom. The lowest BCUT2D eigenvalue weighted by atomic mass is 10.00. The summed E-state index contributed by atoms with van der Waals surface area (Å²) in [7, 11) is 0. The van der Waals surface area contributed by atoms with E-state index in [1.54, 1.807) is 0 Å². The van der Waals surface area contributed by atoms with E-state index in [1.807, 2.05) is 37.3 Å². The number of para-hydroxylation sites is 1. The van der Waals surface area contributed by atoms with Crippen molar-refractivity contribution in [3.8, 4) is 5.75 Å². The van der Waals surface area contributed by atoms with Crippen molar-refractivity contribution >= 4 is 5.97 Å². The molecule has 0 bridgehead atoms. The van der Waals surface area contributed by atoms with Crippen LogP contribution >= 0.6 is 0 Å². The molecule has 1 aromatic carbocycles. The lowest BCUT2D eigenvalue weighted by molar-refractivity contribution is -0.139. The highest BCUT2D eigenvalue weighted by Gasteiger charge is 2.17. The minimum absolute atomic E-state index is 0.0418. The average molecular weight is 220 g/mol. The van der Waals surface area contributed by atoms with Crippen molar-refractivity contribution in [2.75, 3.05) is 0 Å². The average Bonchev–Trinajstić information content (AvgIpc) is 2.31. The Bertz CT molecular complexity index is 306. The Kier molecular flexibility index (Phi) is 5.62. The maximum Gasteiger partial charge on any atom is 0.314 e. The Balaban J connectivity index is 2.49. The van der Waals surface area contributed by atoms with E-state index in [4.69, 9.17) is 4.74 Å². The van der Waals surface area contributed by atoms with Crippen molar-refractivity contribution in [2.45, 2.75) is 39.5 Å². The molecule has 2 nitrogen and oxygen atoms in total. The molecule has 1 aromatic rings. The molecule has 0 N–H and O–H groups in total. The van der Waals surface area contributed by atoms with Gasteiger partial charge in [0, 0.05) is 0 Å². The number of ether oxygens (including phenoxy) is 1. The van der Waals surface area contributed by atoms with Crippen LogP contribution in [0, 0.1) is 5.92 Å². The third kappa shape index (κ3) is 4.05. The predicted molar refractivity (Wildman–Crippen MR) is 65.4 cm³/mol. The predicted octanol–water partition coefficient (Wildman–Crippen LogP) is 3.81. The van der Waals surface area contributed by atoms with Gasteiger partial charge in [-0.25, -0.2) is 0 Å². The highest BCUT2D eigenvalue weighted by atomic mass is 16.5. The van der Waals surface area contributed by atoms with E-state index in [2.05, 4.69) is 6.92 Å². The molecule has 1 rings (SSSR count). The molecule has 88 valence electrons. The van der Waals surface area contributed by atoms with Crippen LogP contribution in [0.1, 0.15) is 39.5 Å². The van der Waals surface area contributed by atoms with E-state index in [0.29, 0.717) is 5.75 Å². The summed E-state index contributed by atoms with van der Waals surface area (Å²) in [6.07, 6.45) is 3.99. The van der Waals surface area contributed by atoms with Crippen LogP contribution in [0.25, 0.3) is 0 Å². The van der Waals surface area contributed by atoms with E-state index < -0.39 is 0 Å². The van der Waals surface area contributed by atoms with Gasteiger partial charge in [-0.1, -0.05) is 44.9 Å². The first-order chi connectivity index (χ1) is 7.77. The van der Waals surface area contributed by atoms with Crippen LogP contribution in [-0.2, 0) is 4.79 Å². The first-order valence-electron chi connectivity index (χ1n) is 6.04. The first-order valence-corrected chi connectivity index (χ1v) is 6.04. The summed E-state index contributed by atoms with van der Waals surface area (Å²) >= 11 is 0. The fourth-order valence-corrected chi connectivity index (χ4v) is 1.63. The maximum absolute atomic E-state index is 11.8. The van der Waals surface area contributed by atoms with Crippen LogP contribution in [0.2, 0.25) is 0 Å². The smallest absolute Gasteiger partial charge is 0.314 e. The fraction of sp³-hybridized carbons (Fsp3) is 0.500. The number of rotatable bonds is 6. The fourth-order valence-electron chi connectivity index (χ4n) is 1.63. The summed E-state index contributed by atoms with van der Waals surface area (Å²) in [4.78, 5) is 11.8. The van der Waals surface area contributed by atoms with Gasteiger partial charge in [0.2, 0.25) is 0 Å². The molecule has 1 unspecified atom stereocenters. The summed E-state index contributed by atoms with van der Waals surface area (Å²) in [5.74, 6) is 0.588. The Morgan fingerprint density at radius 3 is 2.50 bits per heavy atom. The van der Waals surface area contributed by atoms with Crippen molar-refractivity contribution in [1.29, 1.82) is 0 Å². The monoisotopic (exact) mass is 220 g/mol. The first kappa shape index (κ1) is 12.8. The second kappa shape index (κ2) is 7.04. The van der Waals surface area contributed by atoms with Gasteiger partial charge in [0.1, 0.15) is 5.75 Å². The van der Waals surface area contributed by atoms with Crippen LogP contribution < -0.4 is 4.74 Å². The largest absolute Gasteiger partial charge is 0.426 e. The van der Waals surface area contributed by atoms with E-state index >= 15 is 0 Å². The molecule has 0 spiro atoms. The van der Waals surface area contributed by atoms with Crippen molar-refractivity contribution in [3.63, 3.8) is 0 Å². The number of esters is 1. The zero-order valence-corrected chi connectivity index (χ0v) is 10.1. The topological polar surface area (TPSA) is 26.3 Å². The van der Waals surface area contributed by atoms with Crippen LogP contribution in [0.15, 0.2) is 30.3 Å². The molecule has 0 fully saturated rings. The molecule has 0 aliphatic heterocycles. The van der Waals surface area contributed by atoms with Crippen LogP contribution in [-0.4, -0.2) is 5.97 Å². The molecule has 1 atom stereocenters. The molecule has 0 saturated heterocycles. The van der Waals surface area contributed by atoms with Gasteiger partial charge >= 0.3 is 5.97 Å². The molecule has 0 aromatic heterocycles. The van der Waals surface area contributed by atoms with Gasteiger partial charge in [-0.15, -0.1) is 0 Å². The normalized spacial score (nSPS) is 12.1. The third-order valence-corrected chi connectivity index (χ3v) is 2.69. The van der Waals surface area contributed by atoms with Gasteiger partial charge < -0.3 is 4.74 Å². The van der Waals surface area contributed by atoms with Crippen molar-refractivity contribution in [1.82, 2.24) is 0 Å². The minimum atomic E-state index is -0.0952. The molecule has 0 aliphatic carbocycles. The number of hydrogen-bond donors (Lipinski definition) is 0. The van der Waals surface area contributed by atoms with E-state index in [9.17, 15) is 4.79 Å². The van der Waals surface area contributed by atoms with Crippen LogP contribution in [0.5, 0.6) is 5.75 Å². The minimum Gasteiger partial charge on any atom is -0.426 e. The molecule has 0 aliphatic rings. The lowest BCUT2D eigenvalue weighted by Gasteiger charge is -2.13. The van der Waals surface area contributed by atoms with Crippen LogP contribution in [0.3, 0.4) is 0 Å². The van der Waals surface area contributed by atoms with Crippen molar-refractivity contribution < 1.29 is 9.53 Å². The quantitative estimate of drug-likeness (QED) is 0.538. The van der Waals surface area contributed by atoms with Gasteiger partial charge in [-0.05, 0) is 25.0 Å². The Labute approximate surface area is 97.6 Å². The van der Waals surface area contributed by atoms with Gasteiger partial charge in [0.25, 0.3) is 0 Å². The van der Waals surface area contributed by atoms with Gasteiger partial charge in [-0.2, -0.15) is 0 Å². The second-order valence-corrected chi connectivity index (χ2v) is 3.98. The van der Waals surface area contributed by atoms with Gasteiger partial charge in [0.15, 0.2) is 0 Å². The summed E-state index contributed by atoms with van der Waals surface area (Å²) < 4.78 is 5.33. The molecule has 0 radical (unpaired) electrons. The molecule has 0 amide bonds. The number of carbonyl (C=O) groups excluding carboxylic acids is 1. The molecular weight excluding hydrogens is 200 g/mol. The number of carbonyl (C=O) groups is 1. The highest BCUT2D eigenvalue weighted by Crippen LogP contribution is 2.17. The van der Waals surface area contributed by atoms with Crippen LogP contribution in [0.4, 0.5) is 0 Å². The van der Waals surface area contributed by atoms with E-state index in [1.165, 1.54) is 0 Å². The van der Waals surface area contributed by atoms with E-state index in [-0.39, 0.29) is 11.9 Å². The molecular formula is C14H20O2. The molecule has 0 heterocycles. The second-order valence-electron chi connectivity index (χ2n) is 3.98. The van der Waals surface area contributed by atoms with Crippen molar-refractivity contribution in [3.05, 3.63) is 30.3 Å². The zero-order valence-electron chi connectivity index (χ0n) is 10.1. The SMILES string of the molecule is CCCCC(CC)C(=O)Oc1ccccc1.